The van der Waals surface area contributed by atoms with Gasteiger partial charge in [-0.25, -0.2) is 0 Å². The molecule has 1 fully saturated rings. The fourth-order valence-electron chi connectivity index (χ4n) is 2.82. The van der Waals surface area contributed by atoms with Gasteiger partial charge in [0.25, 0.3) is 5.91 Å². The largest absolute Gasteiger partial charge is 0.378 e. The molecule has 0 N–H and O–H groups in total. The van der Waals surface area contributed by atoms with Crippen molar-refractivity contribution in [2.24, 2.45) is 0 Å². The lowest BCUT2D eigenvalue weighted by Gasteiger charge is -2.27. The summed E-state index contributed by atoms with van der Waals surface area (Å²) in [5, 5.41) is 0. The summed E-state index contributed by atoms with van der Waals surface area (Å²) < 4.78 is 5.31. The van der Waals surface area contributed by atoms with E-state index in [9.17, 15) is 4.79 Å². The number of benzene rings is 1. The fourth-order valence-corrected chi connectivity index (χ4v) is 2.82. The van der Waals surface area contributed by atoms with Crippen LogP contribution in [0.3, 0.4) is 0 Å². The molecule has 2 heterocycles. The standard InChI is InChI=1S/C19H22N2O2/c1-13-10-17(12-20-15(13)3)16-4-5-18(14(2)11-16)19(22)21-6-8-23-9-7-21/h4-5,10-12H,6-9H2,1-3H3. The van der Waals surface area contributed by atoms with Crippen LogP contribution in [0.15, 0.2) is 30.5 Å². The second-order valence-electron chi connectivity index (χ2n) is 6.06. The van der Waals surface area contributed by atoms with E-state index in [1.54, 1.807) is 0 Å². The number of hydrogen-bond acceptors (Lipinski definition) is 3. The highest BCUT2D eigenvalue weighted by atomic mass is 16.5. The number of hydrogen-bond donors (Lipinski definition) is 0. The topological polar surface area (TPSA) is 42.4 Å². The van der Waals surface area contributed by atoms with Gasteiger partial charge < -0.3 is 9.64 Å². The molecule has 120 valence electrons. The highest BCUT2D eigenvalue weighted by Gasteiger charge is 2.20. The minimum Gasteiger partial charge on any atom is -0.378 e. The van der Waals surface area contributed by atoms with Gasteiger partial charge in [-0.05, 0) is 49.6 Å². The van der Waals surface area contributed by atoms with Gasteiger partial charge >= 0.3 is 0 Å². The molecule has 2 aromatic rings. The van der Waals surface area contributed by atoms with Crippen molar-refractivity contribution in [3.63, 3.8) is 0 Å². The maximum atomic E-state index is 12.6. The molecule has 1 aromatic heterocycles. The first-order valence-electron chi connectivity index (χ1n) is 7.97. The first kappa shape index (κ1) is 15.7. The zero-order valence-electron chi connectivity index (χ0n) is 13.9. The van der Waals surface area contributed by atoms with Crippen molar-refractivity contribution in [2.75, 3.05) is 26.3 Å². The SMILES string of the molecule is Cc1cc(-c2cnc(C)c(C)c2)ccc1C(=O)N1CCOCC1. The number of carbonyl (C=O) groups excluding carboxylic acids is 1. The molecule has 1 saturated heterocycles. The van der Waals surface area contributed by atoms with Crippen LogP contribution in [0.1, 0.15) is 27.2 Å². The third-order valence-electron chi connectivity index (χ3n) is 4.43. The molecular weight excluding hydrogens is 288 g/mol. The average Bonchev–Trinajstić information content (AvgIpc) is 2.57. The molecule has 0 radical (unpaired) electrons. The normalized spacial score (nSPS) is 14.8. The summed E-state index contributed by atoms with van der Waals surface area (Å²) in [6.45, 7) is 8.64. The number of morpholine rings is 1. The van der Waals surface area contributed by atoms with E-state index in [0.29, 0.717) is 26.3 Å². The predicted octanol–water partition coefficient (Wildman–Crippen LogP) is 3.15. The van der Waals surface area contributed by atoms with Crippen molar-refractivity contribution < 1.29 is 9.53 Å². The summed E-state index contributed by atoms with van der Waals surface area (Å²) in [5.74, 6) is 0.0931. The maximum absolute atomic E-state index is 12.6. The summed E-state index contributed by atoms with van der Waals surface area (Å²) in [5.41, 5.74) is 6.17. The minimum atomic E-state index is 0.0931. The molecule has 0 atom stereocenters. The van der Waals surface area contributed by atoms with Crippen LogP contribution in [0.4, 0.5) is 0 Å². The van der Waals surface area contributed by atoms with Gasteiger partial charge in [-0.2, -0.15) is 0 Å². The van der Waals surface area contributed by atoms with Crippen LogP contribution in [-0.4, -0.2) is 42.1 Å². The first-order chi connectivity index (χ1) is 11.1. The summed E-state index contributed by atoms with van der Waals surface area (Å²) >= 11 is 0. The third kappa shape index (κ3) is 3.27. The van der Waals surface area contributed by atoms with Crippen LogP contribution in [-0.2, 0) is 4.74 Å². The van der Waals surface area contributed by atoms with Crippen molar-refractivity contribution in [3.8, 4) is 11.1 Å². The van der Waals surface area contributed by atoms with E-state index in [-0.39, 0.29) is 5.91 Å². The molecule has 1 amide bonds. The van der Waals surface area contributed by atoms with Gasteiger partial charge in [-0.1, -0.05) is 12.1 Å². The maximum Gasteiger partial charge on any atom is 0.254 e. The predicted molar refractivity (Wildman–Crippen MR) is 90.6 cm³/mol. The van der Waals surface area contributed by atoms with E-state index in [1.165, 1.54) is 5.56 Å². The molecule has 23 heavy (non-hydrogen) atoms. The smallest absolute Gasteiger partial charge is 0.254 e. The fraction of sp³-hybridized carbons (Fsp3) is 0.368. The van der Waals surface area contributed by atoms with E-state index >= 15 is 0 Å². The van der Waals surface area contributed by atoms with Gasteiger partial charge in [0.2, 0.25) is 0 Å². The van der Waals surface area contributed by atoms with Crippen molar-refractivity contribution in [1.29, 1.82) is 0 Å². The van der Waals surface area contributed by atoms with E-state index in [2.05, 4.69) is 24.0 Å². The molecule has 3 rings (SSSR count). The molecule has 0 bridgehead atoms. The van der Waals surface area contributed by atoms with Crippen LogP contribution < -0.4 is 0 Å². The number of nitrogens with zero attached hydrogens (tertiary/aromatic N) is 2. The summed E-state index contributed by atoms with van der Waals surface area (Å²) in [7, 11) is 0. The van der Waals surface area contributed by atoms with Gasteiger partial charge in [-0.3, -0.25) is 9.78 Å². The summed E-state index contributed by atoms with van der Waals surface area (Å²) in [6.07, 6.45) is 1.89. The zero-order chi connectivity index (χ0) is 16.4. The number of carbonyl (C=O) groups is 1. The van der Waals surface area contributed by atoms with Gasteiger partial charge in [-0.15, -0.1) is 0 Å². The number of ether oxygens (including phenoxy) is 1. The van der Waals surface area contributed by atoms with Crippen LogP contribution in [0, 0.1) is 20.8 Å². The van der Waals surface area contributed by atoms with E-state index < -0.39 is 0 Å². The Bertz CT molecular complexity index is 734. The van der Waals surface area contributed by atoms with E-state index in [0.717, 1.165) is 27.9 Å². The Morgan fingerprint density at radius 1 is 1.04 bits per heavy atom. The Morgan fingerprint density at radius 3 is 2.39 bits per heavy atom. The Balaban J connectivity index is 1.88. The van der Waals surface area contributed by atoms with Crippen LogP contribution >= 0.6 is 0 Å². The van der Waals surface area contributed by atoms with Crippen molar-refractivity contribution in [3.05, 3.63) is 52.8 Å². The van der Waals surface area contributed by atoms with Crippen LogP contribution in [0.2, 0.25) is 0 Å². The number of aromatic nitrogens is 1. The number of rotatable bonds is 2. The lowest BCUT2D eigenvalue weighted by molar-refractivity contribution is 0.0302. The van der Waals surface area contributed by atoms with Gasteiger partial charge in [0.1, 0.15) is 0 Å². The van der Waals surface area contributed by atoms with Crippen molar-refractivity contribution >= 4 is 5.91 Å². The number of aryl methyl sites for hydroxylation is 3. The van der Waals surface area contributed by atoms with Gasteiger partial charge in [0.05, 0.1) is 13.2 Å². The Kier molecular flexibility index (Phi) is 4.44. The Labute approximate surface area is 137 Å². The second kappa shape index (κ2) is 6.50. The monoisotopic (exact) mass is 310 g/mol. The molecule has 4 nitrogen and oxygen atoms in total. The van der Waals surface area contributed by atoms with Crippen molar-refractivity contribution in [1.82, 2.24) is 9.88 Å². The lowest BCUT2D eigenvalue weighted by Crippen LogP contribution is -2.40. The third-order valence-corrected chi connectivity index (χ3v) is 4.43. The Hall–Kier alpha value is -2.20. The summed E-state index contributed by atoms with van der Waals surface area (Å²) in [6, 6.07) is 8.14. The highest BCUT2D eigenvalue weighted by molar-refractivity contribution is 5.96. The molecule has 0 spiro atoms. The van der Waals surface area contributed by atoms with E-state index in [1.807, 2.05) is 37.1 Å². The zero-order valence-corrected chi connectivity index (χ0v) is 13.9. The first-order valence-corrected chi connectivity index (χ1v) is 7.97. The number of amides is 1. The lowest BCUT2D eigenvalue weighted by atomic mass is 9.99. The van der Waals surface area contributed by atoms with Gasteiger partial charge in [0, 0.05) is 36.1 Å². The van der Waals surface area contributed by atoms with Crippen LogP contribution in [0.25, 0.3) is 11.1 Å². The Morgan fingerprint density at radius 2 is 1.74 bits per heavy atom. The molecular formula is C19H22N2O2. The molecule has 1 aliphatic rings. The highest BCUT2D eigenvalue weighted by Crippen LogP contribution is 2.24. The molecule has 0 unspecified atom stereocenters. The average molecular weight is 310 g/mol. The molecule has 4 heteroatoms. The molecule has 0 saturated carbocycles. The molecule has 1 aromatic carbocycles. The van der Waals surface area contributed by atoms with Crippen molar-refractivity contribution in [2.45, 2.75) is 20.8 Å². The molecule has 1 aliphatic heterocycles. The summed E-state index contributed by atoms with van der Waals surface area (Å²) in [4.78, 5) is 18.9. The minimum absolute atomic E-state index is 0.0931. The van der Waals surface area contributed by atoms with Gasteiger partial charge in [0.15, 0.2) is 0 Å². The number of pyridine rings is 1. The van der Waals surface area contributed by atoms with E-state index in [4.69, 9.17) is 4.74 Å². The second-order valence-corrected chi connectivity index (χ2v) is 6.06. The molecule has 0 aliphatic carbocycles. The van der Waals surface area contributed by atoms with Crippen LogP contribution in [0.5, 0.6) is 0 Å². The quantitative estimate of drug-likeness (QED) is 0.856.